The van der Waals surface area contributed by atoms with Gasteiger partial charge in [-0.3, -0.25) is 0 Å². The second kappa shape index (κ2) is 6.11. The Bertz CT molecular complexity index is 768. The zero-order chi connectivity index (χ0) is 18.6. The summed E-state index contributed by atoms with van der Waals surface area (Å²) in [6.45, 7) is 0.804. The van der Waals surface area contributed by atoms with E-state index in [-0.39, 0.29) is 5.41 Å². The van der Waals surface area contributed by atoms with Gasteiger partial charge in [0.25, 0.3) is 0 Å². The molecule has 4 aliphatic rings. The third-order valence-electron chi connectivity index (χ3n) is 6.96. The molecule has 1 aliphatic heterocycles. The normalized spacial score (nSPS) is 35.0. The second-order valence-electron chi connectivity index (χ2n) is 8.67. The predicted molar refractivity (Wildman–Crippen MR) is 102 cm³/mol. The highest BCUT2D eigenvalue weighted by Crippen LogP contribution is 2.62. The zero-order valence-electron chi connectivity index (χ0n) is 16.2. The van der Waals surface area contributed by atoms with Gasteiger partial charge in [0.2, 0.25) is 11.7 Å². The predicted octanol–water partition coefficient (Wildman–Crippen LogP) is 2.95. The molecule has 6 nitrogen and oxygen atoms in total. The maximum Gasteiger partial charge on any atom is 0.220 e. The average Bonchev–Trinajstić information content (AvgIpc) is 3.41. The Labute approximate surface area is 160 Å². The third kappa shape index (κ3) is 2.64. The van der Waals surface area contributed by atoms with Gasteiger partial charge in [-0.1, -0.05) is 6.07 Å². The van der Waals surface area contributed by atoms with Gasteiger partial charge in [-0.05, 0) is 68.6 Å². The van der Waals surface area contributed by atoms with E-state index in [1.807, 2.05) is 7.05 Å². The molecule has 0 amide bonds. The fourth-order valence-corrected chi connectivity index (χ4v) is 5.10. The Morgan fingerprint density at radius 1 is 1.26 bits per heavy atom. The van der Waals surface area contributed by atoms with Gasteiger partial charge in [-0.15, -0.1) is 0 Å². The van der Waals surface area contributed by atoms with Gasteiger partial charge in [0.1, 0.15) is 5.75 Å². The minimum atomic E-state index is -0.737. The monoisotopic (exact) mass is 371 g/mol. The second-order valence-corrected chi connectivity index (χ2v) is 8.67. The molecular weight excluding hydrogens is 342 g/mol. The van der Waals surface area contributed by atoms with Gasteiger partial charge in [0.15, 0.2) is 0 Å². The Morgan fingerprint density at radius 2 is 2.04 bits per heavy atom. The number of nitrogens with zero attached hydrogens (tertiary/aromatic N) is 2. The largest absolute Gasteiger partial charge is 0.493 e. The average molecular weight is 371 g/mol. The molecule has 1 atom stereocenters. The Balaban J connectivity index is 1.52. The summed E-state index contributed by atoms with van der Waals surface area (Å²) in [6, 6.07) is 6.44. The molecule has 0 aromatic heterocycles. The summed E-state index contributed by atoms with van der Waals surface area (Å²) >= 11 is 0. The highest BCUT2D eigenvalue weighted by molar-refractivity contribution is 5.79. The smallest absolute Gasteiger partial charge is 0.220 e. The van der Waals surface area contributed by atoms with Gasteiger partial charge in [-0.25, -0.2) is 14.9 Å². The number of ether oxygens (including phenoxy) is 2. The van der Waals surface area contributed by atoms with Crippen LogP contribution in [0.1, 0.15) is 49.7 Å². The lowest BCUT2D eigenvalue weighted by atomic mass is 9.66. The lowest BCUT2D eigenvalue weighted by molar-refractivity contribution is -0.232. The number of nitrogens with two attached hydrogens (primary N) is 1. The minimum Gasteiger partial charge on any atom is -0.493 e. The molecule has 27 heavy (non-hydrogen) atoms. The Kier molecular flexibility index (Phi) is 3.92. The van der Waals surface area contributed by atoms with E-state index >= 15 is 0 Å². The summed E-state index contributed by atoms with van der Waals surface area (Å²) in [5.41, 5.74) is 7.79. The van der Waals surface area contributed by atoms with Crippen molar-refractivity contribution in [2.75, 3.05) is 20.8 Å². The summed E-state index contributed by atoms with van der Waals surface area (Å²) in [6.07, 6.45) is 7.95. The molecule has 1 unspecified atom stereocenters. The number of rotatable bonds is 4. The van der Waals surface area contributed by atoms with Crippen LogP contribution in [0.4, 0.5) is 0 Å². The first kappa shape index (κ1) is 17.3. The minimum absolute atomic E-state index is 0.0745. The number of aliphatic imine (C=N–C) groups is 1. The molecule has 2 fully saturated rings. The summed E-state index contributed by atoms with van der Waals surface area (Å²) in [7, 11) is 3.65. The molecule has 0 radical (unpaired) electrons. The third-order valence-corrected chi connectivity index (χ3v) is 6.96. The summed E-state index contributed by atoms with van der Waals surface area (Å²) in [5, 5.41) is 1.62. The van der Waals surface area contributed by atoms with Crippen LogP contribution in [0, 0.1) is 11.3 Å². The first-order valence-corrected chi connectivity index (χ1v) is 10.1. The first-order valence-electron chi connectivity index (χ1n) is 10.1. The number of fused-ring (bicyclic) bond motifs is 3. The van der Waals surface area contributed by atoms with Crippen molar-refractivity contribution in [1.82, 2.24) is 5.06 Å². The molecule has 3 aliphatic carbocycles. The highest BCUT2D eigenvalue weighted by atomic mass is 16.7. The van der Waals surface area contributed by atoms with Gasteiger partial charge in [0.05, 0.1) is 12.7 Å². The molecule has 1 aromatic carbocycles. The van der Waals surface area contributed by atoms with Gasteiger partial charge in [0, 0.05) is 25.1 Å². The summed E-state index contributed by atoms with van der Waals surface area (Å²) in [5.74, 6) is 2.08. The van der Waals surface area contributed by atoms with Crippen LogP contribution in [-0.4, -0.2) is 37.9 Å². The summed E-state index contributed by atoms with van der Waals surface area (Å²) in [4.78, 5) is 11.3. The molecular formula is C21H29N3O3. The fourth-order valence-electron chi connectivity index (χ4n) is 5.10. The van der Waals surface area contributed by atoms with E-state index in [9.17, 15) is 0 Å². The number of benzene rings is 1. The van der Waals surface area contributed by atoms with Gasteiger partial charge < -0.3 is 15.2 Å². The molecule has 1 heterocycles. The molecule has 146 valence electrons. The molecule has 0 bridgehead atoms. The van der Waals surface area contributed by atoms with Crippen molar-refractivity contribution in [3.63, 3.8) is 0 Å². The van der Waals surface area contributed by atoms with E-state index in [2.05, 4.69) is 18.2 Å². The van der Waals surface area contributed by atoms with E-state index < -0.39 is 5.72 Å². The quantitative estimate of drug-likeness (QED) is 0.881. The lowest BCUT2D eigenvalue weighted by Gasteiger charge is -2.45. The topological polar surface area (TPSA) is 69.3 Å². The first-order chi connectivity index (χ1) is 13.1. The molecule has 5 rings (SSSR count). The molecule has 2 N–H and O–H groups in total. The van der Waals surface area contributed by atoms with Crippen LogP contribution >= 0.6 is 0 Å². The Hall–Kier alpha value is -1.79. The van der Waals surface area contributed by atoms with Crippen LogP contribution < -0.4 is 10.5 Å². The number of methoxy groups -OCH3 is 1. The van der Waals surface area contributed by atoms with Gasteiger partial charge >= 0.3 is 0 Å². The Morgan fingerprint density at radius 3 is 2.67 bits per heavy atom. The van der Waals surface area contributed by atoms with Crippen LogP contribution in [0.2, 0.25) is 0 Å². The number of hydrogen-bond donors (Lipinski definition) is 1. The van der Waals surface area contributed by atoms with E-state index in [0.29, 0.717) is 12.1 Å². The highest BCUT2D eigenvalue weighted by Gasteiger charge is 2.63. The van der Waals surface area contributed by atoms with Crippen molar-refractivity contribution in [1.29, 1.82) is 0 Å². The van der Waals surface area contributed by atoms with Crippen LogP contribution in [0.3, 0.4) is 0 Å². The van der Waals surface area contributed by atoms with Crippen molar-refractivity contribution in [2.45, 2.75) is 56.8 Å². The van der Waals surface area contributed by atoms with Gasteiger partial charge in [-0.2, -0.15) is 0 Å². The maximum atomic E-state index is 6.41. The van der Waals surface area contributed by atoms with Crippen LogP contribution in [-0.2, 0) is 21.7 Å². The van der Waals surface area contributed by atoms with Crippen LogP contribution in [0.15, 0.2) is 23.2 Å². The van der Waals surface area contributed by atoms with Crippen molar-refractivity contribution in [3.8, 4) is 5.75 Å². The van der Waals surface area contributed by atoms with Crippen LogP contribution in [0.5, 0.6) is 5.75 Å². The van der Waals surface area contributed by atoms with Crippen molar-refractivity contribution < 1.29 is 14.3 Å². The molecule has 6 heteroatoms. The lowest BCUT2D eigenvalue weighted by Crippen LogP contribution is -2.46. The molecule has 2 saturated carbocycles. The van der Waals surface area contributed by atoms with E-state index in [0.717, 1.165) is 55.9 Å². The molecule has 1 aromatic rings. The number of guanidine groups is 1. The van der Waals surface area contributed by atoms with Crippen molar-refractivity contribution in [2.24, 2.45) is 22.1 Å². The number of hydrogen-bond acceptors (Lipinski definition) is 6. The van der Waals surface area contributed by atoms with Crippen LogP contribution in [0.25, 0.3) is 0 Å². The summed E-state index contributed by atoms with van der Waals surface area (Å²) < 4.78 is 11.7. The molecule has 0 saturated heterocycles. The zero-order valence-corrected chi connectivity index (χ0v) is 16.2. The van der Waals surface area contributed by atoms with E-state index in [1.165, 1.54) is 18.4 Å². The van der Waals surface area contributed by atoms with E-state index in [4.69, 9.17) is 25.0 Å². The van der Waals surface area contributed by atoms with Crippen molar-refractivity contribution in [3.05, 3.63) is 29.3 Å². The fraction of sp³-hybridized carbons (Fsp3) is 0.667. The molecule has 2 spiro atoms. The number of hydroxylamine groups is 2. The standard InChI is InChI=1S/C21H29N3O3/c1-24-19(22)23-21(27-24)18-11-17(26-13-14-3-4-14)6-5-15(18)12-20(21)9-7-16(25-2)8-10-20/h5-6,11,14,16H,3-4,7-10,12-13H2,1-2H3,(H2,22,23). The van der Waals surface area contributed by atoms with E-state index in [1.54, 1.807) is 12.2 Å². The van der Waals surface area contributed by atoms with Crippen molar-refractivity contribution >= 4 is 5.96 Å². The SMILES string of the molecule is COC1CCC2(CC1)Cc1ccc(OCC3CC3)cc1C21N=C(N)N(C)O1. The maximum absolute atomic E-state index is 6.41.